The van der Waals surface area contributed by atoms with Gasteiger partial charge in [0.05, 0.1) is 13.2 Å². The van der Waals surface area contributed by atoms with Crippen LogP contribution in [0.2, 0.25) is 0 Å². The minimum atomic E-state index is -0.485. The van der Waals surface area contributed by atoms with Crippen LogP contribution in [0, 0.1) is 16.6 Å². The molecule has 0 N–H and O–H groups in total. The van der Waals surface area contributed by atoms with Crippen LogP contribution in [0.1, 0.15) is 77.3 Å². The maximum atomic E-state index is 14.3. The highest BCUT2D eigenvalue weighted by Crippen LogP contribution is 2.54. The first-order chi connectivity index (χ1) is 19.9. The molecule has 1 aliphatic heterocycles. The van der Waals surface area contributed by atoms with E-state index < -0.39 is 5.92 Å². The lowest BCUT2D eigenvalue weighted by atomic mass is 9.63. The molecule has 1 heterocycles. The van der Waals surface area contributed by atoms with Crippen LogP contribution < -0.4 is 9.47 Å². The largest absolute Gasteiger partial charge is 0.490 e. The van der Waals surface area contributed by atoms with Crippen LogP contribution in [0.25, 0.3) is 0 Å². The number of rotatable bonds is 9. The van der Waals surface area contributed by atoms with E-state index in [9.17, 15) is 14.0 Å². The summed E-state index contributed by atoms with van der Waals surface area (Å²) in [6, 6.07) is 12.1. The molecule has 6 nitrogen and oxygen atoms in total. The molecule has 2 aromatic carbocycles. The highest BCUT2D eigenvalue weighted by Gasteiger charge is 2.49. The summed E-state index contributed by atoms with van der Waals surface area (Å²) in [4.78, 5) is 30.2. The molecular weight excluding hydrogens is 533 g/mol. The van der Waals surface area contributed by atoms with Gasteiger partial charge in [0.25, 0.3) is 0 Å². The van der Waals surface area contributed by atoms with Gasteiger partial charge in [-0.25, -0.2) is 4.39 Å². The molecule has 0 aromatic heterocycles. The zero-order valence-electron chi connectivity index (χ0n) is 25.6. The Hall–Kier alpha value is -3.45. The highest BCUT2D eigenvalue weighted by atomic mass is 19.1. The second kappa shape index (κ2) is 11.7. The van der Waals surface area contributed by atoms with Crippen molar-refractivity contribution in [1.29, 1.82) is 0 Å². The van der Waals surface area contributed by atoms with Crippen molar-refractivity contribution in [3.05, 3.63) is 81.9 Å². The zero-order chi connectivity index (χ0) is 30.2. The molecule has 2 aromatic rings. The molecule has 0 spiro atoms. The van der Waals surface area contributed by atoms with E-state index in [1.54, 1.807) is 25.3 Å². The van der Waals surface area contributed by atoms with Crippen LogP contribution in [0.3, 0.4) is 0 Å². The molecule has 0 fully saturated rings. The molecule has 224 valence electrons. The molecule has 2 aliphatic carbocycles. The Balaban J connectivity index is 1.63. The van der Waals surface area contributed by atoms with Crippen molar-refractivity contribution in [2.45, 2.75) is 72.8 Å². The minimum Gasteiger partial charge on any atom is -0.490 e. The number of carbonyl (C=O) groups is 2. The van der Waals surface area contributed by atoms with Gasteiger partial charge < -0.3 is 19.1 Å². The molecule has 0 unspecified atom stereocenters. The minimum absolute atomic E-state index is 0.0513. The lowest BCUT2D eigenvalue weighted by Gasteiger charge is -2.49. The first-order valence-electron chi connectivity index (χ1n) is 14.9. The SMILES string of the molecule is CCOc1cc(C2C3=C(CC(C)(C)CC3=O)N(CCOC)C3=C2C(=O)CC(C)(C)C3)ccc1OCc1ccccc1F. The molecule has 5 rings (SSSR count). The summed E-state index contributed by atoms with van der Waals surface area (Å²) in [5, 5.41) is 0. The number of nitrogens with zero attached hydrogens (tertiary/aromatic N) is 1. The van der Waals surface area contributed by atoms with Crippen molar-refractivity contribution in [3.63, 3.8) is 0 Å². The van der Waals surface area contributed by atoms with Gasteiger partial charge in [-0.05, 0) is 54.4 Å². The van der Waals surface area contributed by atoms with Gasteiger partial charge >= 0.3 is 0 Å². The Morgan fingerprint density at radius 2 is 1.48 bits per heavy atom. The van der Waals surface area contributed by atoms with Crippen molar-refractivity contribution in [2.75, 3.05) is 26.9 Å². The fourth-order valence-corrected chi connectivity index (χ4v) is 6.70. The number of benzene rings is 2. The lowest BCUT2D eigenvalue weighted by molar-refractivity contribution is -0.119. The number of hydrogen-bond acceptors (Lipinski definition) is 6. The Labute approximate surface area is 248 Å². The number of ether oxygens (including phenoxy) is 3. The third kappa shape index (κ3) is 5.89. The number of carbonyl (C=O) groups excluding carboxylic acids is 2. The smallest absolute Gasteiger partial charge is 0.162 e. The van der Waals surface area contributed by atoms with Crippen LogP contribution in [-0.4, -0.2) is 43.3 Å². The summed E-state index contributed by atoms with van der Waals surface area (Å²) < 4.78 is 31.8. The normalized spacial score (nSPS) is 20.0. The molecule has 0 bridgehead atoms. The van der Waals surface area contributed by atoms with Gasteiger partial charge in [0.2, 0.25) is 0 Å². The van der Waals surface area contributed by atoms with Crippen molar-refractivity contribution in [1.82, 2.24) is 4.90 Å². The standard InChI is InChI=1S/C35H42FNO5/c1-7-41-30-16-22(12-13-29(30)42-21-23-10-8-9-11-24(23)36)31-32-25(17-34(2,3)19-27(32)38)37(14-15-40-6)26-18-35(4,5)20-28(39)33(26)31/h8-13,16,31H,7,14-15,17-21H2,1-6H3. The Kier molecular flexibility index (Phi) is 8.35. The van der Waals surface area contributed by atoms with Crippen molar-refractivity contribution >= 4 is 11.6 Å². The molecule has 0 atom stereocenters. The van der Waals surface area contributed by atoms with E-state index >= 15 is 0 Å². The number of allylic oxidation sites excluding steroid dienone is 4. The van der Waals surface area contributed by atoms with Crippen molar-refractivity contribution in [3.8, 4) is 11.5 Å². The quantitative estimate of drug-likeness (QED) is 0.317. The molecule has 7 heteroatoms. The van der Waals surface area contributed by atoms with Crippen LogP contribution in [0.4, 0.5) is 4.39 Å². The molecule has 42 heavy (non-hydrogen) atoms. The van der Waals surface area contributed by atoms with Crippen LogP contribution in [0.15, 0.2) is 65.0 Å². The first-order valence-corrected chi connectivity index (χ1v) is 14.9. The number of Topliss-reactive ketones (excluding diaryl/α,β-unsaturated/α-hetero) is 2. The molecule has 0 radical (unpaired) electrons. The van der Waals surface area contributed by atoms with E-state index in [1.165, 1.54) is 6.07 Å². The van der Waals surface area contributed by atoms with Crippen LogP contribution in [0.5, 0.6) is 11.5 Å². The number of ketones is 2. The van der Waals surface area contributed by atoms with Crippen molar-refractivity contribution < 1.29 is 28.2 Å². The number of methoxy groups -OCH3 is 1. The van der Waals surface area contributed by atoms with Gasteiger partial charge in [0.1, 0.15) is 12.4 Å². The van der Waals surface area contributed by atoms with Gasteiger partial charge in [-0.15, -0.1) is 0 Å². The third-order valence-electron chi connectivity index (χ3n) is 8.48. The van der Waals surface area contributed by atoms with E-state index in [-0.39, 0.29) is 34.8 Å². The van der Waals surface area contributed by atoms with E-state index in [0.29, 0.717) is 60.8 Å². The molecule has 0 saturated heterocycles. The maximum Gasteiger partial charge on any atom is 0.162 e. The molecule has 3 aliphatic rings. The van der Waals surface area contributed by atoms with E-state index in [0.717, 1.165) is 29.8 Å². The van der Waals surface area contributed by atoms with Gasteiger partial charge in [0.15, 0.2) is 23.1 Å². The van der Waals surface area contributed by atoms with E-state index in [4.69, 9.17) is 14.2 Å². The third-order valence-corrected chi connectivity index (χ3v) is 8.48. The number of hydrogen-bond donors (Lipinski definition) is 0. The van der Waals surface area contributed by atoms with Gasteiger partial charge in [-0.2, -0.15) is 0 Å². The summed E-state index contributed by atoms with van der Waals surface area (Å²) in [5.41, 5.74) is 4.30. The second-order valence-electron chi connectivity index (χ2n) is 13.2. The average molecular weight is 576 g/mol. The summed E-state index contributed by atoms with van der Waals surface area (Å²) in [6.07, 6.45) is 2.32. The molecule has 0 saturated carbocycles. The zero-order valence-corrected chi connectivity index (χ0v) is 25.6. The lowest BCUT2D eigenvalue weighted by Crippen LogP contribution is -2.45. The predicted octanol–water partition coefficient (Wildman–Crippen LogP) is 7.14. The summed E-state index contributed by atoms with van der Waals surface area (Å²) in [7, 11) is 1.67. The van der Waals surface area contributed by atoms with Gasteiger partial charge in [-0.1, -0.05) is 52.0 Å². The van der Waals surface area contributed by atoms with E-state index in [2.05, 4.69) is 32.6 Å². The second-order valence-corrected chi connectivity index (χ2v) is 13.2. The fourth-order valence-electron chi connectivity index (χ4n) is 6.70. The van der Waals surface area contributed by atoms with Crippen LogP contribution >= 0.6 is 0 Å². The van der Waals surface area contributed by atoms with Crippen molar-refractivity contribution in [2.24, 2.45) is 10.8 Å². The van der Waals surface area contributed by atoms with Gasteiger partial charge in [-0.3, -0.25) is 9.59 Å². The fraction of sp³-hybridized carbons (Fsp3) is 0.486. The molecular formula is C35H42FNO5. The summed E-state index contributed by atoms with van der Waals surface area (Å²) in [5.74, 6) is 0.331. The summed E-state index contributed by atoms with van der Waals surface area (Å²) in [6.45, 7) is 11.9. The predicted molar refractivity (Wildman–Crippen MR) is 160 cm³/mol. The Bertz CT molecular complexity index is 1400. The highest BCUT2D eigenvalue weighted by molar-refractivity contribution is 6.06. The Morgan fingerprint density at radius 3 is 2.05 bits per heavy atom. The van der Waals surface area contributed by atoms with Gasteiger partial charge in [0, 0.05) is 60.5 Å². The monoisotopic (exact) mass is 575 g/mol. The first kappa shape index (κ1) is 30.0. The Morgan fingerprint density at radius 1 is 0.857 bits per heavy atom. The van der Waals surface area contributed by atoms with Crippen LogP contribution in [-0.2, 0) is 20.9 Å². The molecule has 0 amide bonds. The maximum absolute atomic E-state index is 14.3. The summed E-state index contributed by atoms with van der Waals surface area (Å²) >= 11 is 0. The average Bonchev–Trinajstić information content (AvgIpc) is 2.90. The van der Waals surface area contributed by atoms with E-state index in [1.807, 2.05) is 25.1 Å². The number of halogens is 1. The topological polar surface area (TPSA) is 65.1 Å².